The second-order valence-corrected chi connectivity index (χ2v) is 5.92. The van der Waals surface area contributed by atoms with E-state index >= 15 is 0 Å². The van der Waals surface area contributed by atoms with Gasteiger partial charge in [0.25, 0.3) is 5.56 Å². The summed E-state index contributed by atoms with van der Waals surface area (Å²) >= 11 is 0. The summed E-state index contributed by atoms with van der Waals surface area (Å²) in [5, 5.41) is 0. The number of nitrogens with zero attached hydrogens (tertiary/aromatic N) is 2. The maximum Gasteiger partial charge on any atom is 0.417 e. The quantitative estimate of drug-likeness (QED) is 0.814. The number of ether oxygens (including phenoxy) is 2. The number of hydrogen-bond donors (Lipinski definition) is 0. The Kier molecular flexibility index (Phi) is 5.63. The van der Waals surface area contributed by atoms with Crippen molar-refractivity contribution in [1.29, 1.82) is 0 Å². The predicted octanol–water partition coefficient (Wildman–Crippen LogP) is 2.57. The zero-order chi connectivity index (χ0) is 18.6. The number of benzene rings is 1. The molecule has 1 aromatic heterocycles. The highest BCUT2D eigenvalue weighted by Crippen LogP contribution is 2.28. The number of rotatable bonds is 5. The van der Waals surface area contributed by atoms with Gasteiger partial charge >= 0.3 is 6.18 Å². The molecule has 0 aliphatic carbocycles. The van der Waals surface area contributed by atoms with E-state index in [0.29, 0.717) is 18.0 Å². The fourth-order valence-corrected chi connectivity index (χ4v) is 2.68. The molecule has 1 aliphatic rings. The monoisotopic (exact) mass is 368 g/mol. The van der Waals surface area contributed by atoms with E-state index in [1.54, 1.807) is 24.3 Å². The van der Waals surface area contributed by atoms with Gasteiger partial charge in [0.05, 0.1) is 18.8 Å². The maximum absolute atomic E-state index is 12.8. The molecular weight excluding hydrogens is 349 g/mol. The zero-order valence-corrected chi connectivity index (χ0v) is 14.0. The highest BCUT2D eigenvalue weighted by Gasteiger charge is 2.31. The summed E-state index contributed by atoms with van der Waals surface area (Å²) in [7, 11) is 0. The lowest BCUT2D eigenvalue weighted by atomic mass is 10.2. The molecule has 2 heterocycles. The lowest BCUT2D eigenvalue weighted by molar-refractivity contribution is -0.138. The van der Waals surface area contributed by atoms with Gasteiger partial charge in [0.2, 0.25) is 0 Å². The van der Waals surface area contributed by atoms with E-state index in [1.807, 2.05) is 0 Å². The minimum Gasteiger partial charge on any atom is -0.492 e. The highest BCUT2D eigenvalue weighted by atomic mass is 19.4. The van der Waals surface area contributed by atoms with Gasteiger partial charge in [0, 0.05) is 37.6 Å². The Morgan fingerprint density at radius 2 is 1.73 bits per heavy atom. The standard InChI is InChI=1S/C18H19F3N2O3/c19-18(20,21)14-1-6-17(24)23(13-14)15-2-4-16(5-3-15)26-12-9-22-7-10-25-11-8-22/h1-6,13H,7-12H2. The van der Waals surface area contributed by atoms with Crippen molar-refractivity contribution in [2.24, 2.45) is 0 Å². The average Bonchev–Trinajstić information content (AvgIpc) is 2.63. The number of hydrogen-bond acceptors (Lipinski definition) is 4. The van der Waals surface area contributed by atoms with E-state index in [4.69, 9.17) is 9.47 Å². The van der Waals surface area contributed by atoms with Gasteiger partial charge in [-0.3, -0.25) is 14.3 Å². The first-order valence-electron chi connectivity index (χ1n) is 8.27. The van der Waals surface area contributed by atoms with Gasteiger partial charge < -0.3 is 9.47 Å². The molecule has 0 spiro atoms. The van der Waals surface area contributed by atoms with E-state index < -0.39 is 17.3 Å². The number of alkyl halides is 3. The van der Waals surface area contributed by atoms with Crippen molar-refractivity contribution < 1.29 is 22.6 Å². The van der Waals surface area contributed by atoms with Crippen LogP contribution < -0.4 is 10.3 Å². The van der Waals surface area contributed by atoms with Crippen molar-refractivity contribution >= 4 is 0 Å². The first-order chi connectivity index (χ1) is 12.4. The number of halogens is 3. The molecule has 0 bridgehead atoms. The Bertz CT molecular complexity index is 782. The minimum atomic E-state index is -4.50. The third-order valence-electron chi connectivity index (χ3n) is 4.13. The van der Waals surface area contributed by atoms with Crippen molar-refractivity contribution in [3.05, 3.63) is 58.5 Å². The van der Waals surface area contributed by atoms with Gasteiger partial charge in [-0.15, -0.1) is 0 Å². The Balaban J connectivity index is 1.65. The minimum absolute atomic E-state index is 0.349. The van der Waals surface area contributed by atoms with Gasteiger partial charge in [-0.05, 0) is 30.3 Å². The van der Waals surface area contributed by atoms with Gasteiger partial charge in [-0.2, -0.15) is 13.2 Å². The van der Waals surface area contributed by atoms with Gasteiger partial charge in [-0.1, -0.05) is 0 Å². The molecule has 0 N–H and O–H groups in total. The molecule has 26 heavy (non-hydrogen) atoms. The summed E-state index contributed by atoms with van der Waals surface area (Å²) in [6.45, 7) is 4.48. The largest absolute Gasteiger partial charge is 0.492 e. The van der Waals surface area contributed by atoms with Crippen molar-refractivity contribution in [2.45, 2.75) is 6.18 Å². The van der Waals surface area contributed by atoms with Gasteiger partial charge in [0.1, 0.15) is 12.4 Å². The molecule has 3 rings (SSSR count). The summed E-state index contributed by atoms with van der Waals surface area (Å²) in [5.41, 5.74) is -1.05. The van der Waals surface area contributed by atoms with Crippen LogP contribution in [0.5, 0.6) is 5.75 Å². The molecule has 0 saturated carbocycles. The third-order valence-corrected chi connectivity index (χ3v) is 4.13. The Morgan fingerprint density at radius 3 is 2.38 bits per heavy atom. The second kappa shape index (κ2) is 7.92. The fourth-order valence-electron chi connectivity index (χ4n) is 2.68. The van der Waals surface area contributed by atoms with E-state index in [2.05, 4.69) is 4.90 Å². The van der Waals surface area contributed by atoms with Gasteiger partial charge in [0.15, 0.2) is 0 Å². The van der Waals surface area contributed by atoms with Crippen LogP contribution in [0.4, 0.5) is 13.2 Å². The molecule has 1 fully saturated rings. The molecule has 1 aliphatic heterocycles. The summed E-state index contributed by atoms with van der Waals surface area (Å²) in [6.07, 6.45) is -3.70. The first kappa shape index (κ1) is 18.5. The molecule has 0 amide bonds. The van der Waals surface area contributed by atoms with Gasteiger partial charge in [-0.25, -0.2) is 0 Å². The summed E-state index contributed by atoms with van der Waals surface area (Å²) in [5.74, 6) is 0.599. The lowest BCUT2D eigenvalue weighted by Gasteiger charge is -2.26. The molecule has 0 radical (unpaired) electrons. The van der Waals surface area contributed by atoms with Crippen LogP contribution in [0.3, 0.4) is 0 Å². The average molecular weight is 368 g/mol. The van der Waals surface area contributed by atoms with Crippen LogP contribution in [0, 0.1) is 0 Å². The molecule has 1 saturated heterocycles. The molecule has 140 valence electrons. The van der Waals surface area contributed by atoms with E-state index in [9.17, 15) is 18.0 Å². The van der Waals surface area contributed by atoms with Crippen molar-refractivity contribution in [2.75, 3.05) is 39.5 Å². The summed E-state index contributed by atoms with van der Waals surface area (Å²) < 4.78 is 50.4. The van der Waals surface area contributed by atoms with Crippen LogP contribution >= 0.6 is 0 Å². The van der Waals surface area contributed by atoms with E-state index in [-0.39, 0.29) is 0 Å². The predicted molar refractivity (Wildman–Crippen MR) is 89.8 cm³/mol. The summed E-state index contributed by atoms with van der Waals surface area (Å²) in [4.78, 5) is 14.1. The molecule has 0 unspecified atom stereocenters. The molecular formula is C18H19F3N2O3. The van der Waals surface area contributed by atoms with Crippen LogP contribution in [-0.4, -0.2) is 48.9 Å². The molecule has 8 heteroatoms. The van der Waals surface area contributed by atoms with Crippen LogP contribution in [-0.2, 0) is 10.9 Å². The smallest absolute Gasteiger partial charge is 0.417 e. The second-order valence-electron chi connectivity index (χ2n) is 5.92. The zero-order valence-electron chi connectivity index (χ0n) is 14.0. The van der Waals surface area contributed by atoms with E-state index in [0.717, 1.165) is 55.7 Å². The van der Waals surface area contributed by atoms with Crippen LogP contribution in [0.2, 0.25) is 0 Å². The molecule has 0 atom stereocenters. The maximum atomic E-state index is 12.8. The highest BCUT2D eigenvalue weighted by molar-refractivity contribution is 5.38. The van der Waals surface area contributed by atoms with E-state index in [1.165, 1.54) is 0 Å². The Labute approximate surface area is 148 Å². The normalized spacial score (nSPS) is 15.8. The van der Waals surface area contributed by atoms with Crippen molar-refractivity contribution in [3.63, 3.8) is 0 Å². The van der Waals surface area contributed by atoms with Crippen LogP contribution in [0.1, 0.15) is 5.56 Å². The number of aromatic nitrogens is 1. The Morgan fingerprint density at radius 1 is 1.04 bits per heavy atom. The number of pyridine rings is 1. The number of morpholine rings is 1. The molecule has 2 aromatic rings. The van der Waals surface area contributed by atoms with Crippen molar-refractivity contribution in [3.8, 4) is 11.4 Å². The van der Waals surface area contributed by atoms with Crippen LogP contribution in [0.15, 0.2) is 47.4 Å². The molecule has 1 aromatic carbocycles. The van der Waals surface area contributed by atoms with Crippen LogP contribution in [0.25, 0.3) is 5.69 Å². The topological polar surface area (TPSA) is 43.7 Å². The Hall–Kier alpha value is -2.32. The van der Waals surface area contributed by atoms with Crippen molar-refractivity contribution in [1.82, 2.24) is 9.47 Å². The lowest BCUT2D eigenvalue weighted by Crippen LogP contribution is -2.38. The fraction of sp³-hybridized carbons (Fsp3) is 0.389. The first-order valence-corrected chi connectivity index (χ1v) is 8.27. The SMILES string of the molecule is O=c1ccc(C(F)(F)F)cn1-c1ccc(OCCN2CCOCC2)cc1. The summed E-state index contributed by atoms with van der Waals surface area (Å²) in [6, 6.07) is 8.09. The molecule has 5 nitrogen and oxygen atoms in total. The third kappa shape index (κ3) is 4.64.